The highest BCUT2D eigenvalue weighted by molar-refractivity contribution is 6.11. The van der Waals surface area contributed by atoms with Crippen molar-refractivity contribution in [3.05, 3.63) is 72.3 Å². The van der Waals surface area contributed by atoms with Crippen molar-refractivity contribution < 1.29 is 9.59 Å². The second-order valence-corrected chi connectivity index (χ2v) is 7.65. The van der Waals surface area contributed by atoms with E-state index in [1.54, 1.807) is 17.0 Å². The SMILES string of the molecule is CCn1c2ccccc2c2cc(NC(=O)c3cccc(N4CCCC4=O)c3)ccc21. The number of nitrogens with one attached hydrogen (secondary N) is 1. The van der Waals surface area contributed by atoms with Gasteiger partial charge in [0.05, 0.1) is 0 Å². The average molecular weight is 397 g/mol. The Labute approximate surface area is 174 Å². The van der Waals surface area contributed by atoms with Gasteiger partial charge in [0.15, 0.2) is 0 Å². The van der Waals surface area contributed by atoms with E-state index in [1.165, 1.54) is 10.9 Å². The van der Waals surface area contributed by atoms with E-state index in [-0.39, 0.29) is 11.8 Å². The van der Waals surface area contributed by atoms with Gasteiger partial charge in [-0.1, -0.05) is 24.3 Å². The molecule has 1 aliphatic rings. The smallest absolute Gasteiger partial charge is 0.255 e. The van der Waals surface area contributed by atoms with E-state index in [0.29, 0.717) is 18.5 Å². The minimum Gasteiger partial charge on any atom is -0.341 e. The second-order valence-electron chi connectivity index (χ2n) is 7.65. The fourth-order valence-corrected chi connectivity index (χ4v) is 4.41. The lowest BCUT2D eigenvalue weighted by atomic mass is 10.1. The molecule has 3 aromatic carbocycles. The summed E-state index contributed by atoms with van der Waals surface area (Å²) in [5, 5.41) is 5.33. The van der Waals surface area contributed by atoms with Crippen LogP contribution in [0.4, 0.5) is 11.4 Å². The van der Waals surface area contributed by atoms with Crippen LogP contribution in [0.1, 0.15) is 30.1 Å². The van der Waals surface area contributed by atoms with Crippen LogP contribution in [0, 0.1) is 0 Å². The fourth-order valence-electron chi connectivity index (χ4n) is 4.41. The topological polar surface area (TPSA) is 54.3 Å². The van der Waals surface area contributed by atoms with Crippen LogP contribution in [0.15, 0.2) is 66.7 Å². The van der Waals surface area contributed by atoms with Gasteiger partial charge in [0.2, 0.25) is 5.91 Å². The standard InChI is InChI=1S/C25H23N3O2/c1-2-27-22-10-4-3-9-20(22)21-16-18(12-13-23(21)27)26-25(30)17-7-5-8-19(15-17)28-14-6-11-24(28)29/h3-5,7-10,12-13,15-16H,2,6,11,14H2,1H3,(H,26,30). The molecular weight excluding hydrogens is 374 g/mol. The zero-order valence-electron chi connectivity index (χ0n) is 16.9. The molecule has 1 fully saturated rings. The number of para-hydroxylation sites is 1. The zero-order chi connectivity index (χ0) is 20.7. The molecule has 0 spiro atoms. The van der Waals surface area contributed by atoms with Crippen molar-refractivity contribution in [2.45, 2.75) is 26.3 Å². The van der Waals surface area contributed by atoms with Crippen LogP contribution in [0.3, 0.4) is 0 Å². The van der Waals surface area contributed by atoms with Gasteiger partial charge in [0.25, 0.3) is 5.91 Å². The van der Waals surface area contributed by atoms with Gasteiger partial charge in [-0.05, 0) is 55.8 Å². The Kier molecular flexibility index (Phi) is 4.51. The number of rotatable bonds is 4. The van der Waals surface area contributed by atoms with E-state index in [9.17, 15) is 9.59 Å². The largest absolute Gasteiger partial charge is 0.341 e. The number of hydrogen-bond donors (Lipinski definition) is 1. The van der Waals surface area contributed by atoms with Crippen LogP contribution in [0.25, 0.3) is 21.8 Å². The first-order valence-electron chi connectivity index (χ1n) is 10.4. The summed E-state index contributed by atoms with van der Waals surface area (Å²) < 4.78 is 2.28. The summed E-state index contributed by atoms with van der Waals surface area (Å²) in [6.07, 6.45) is 1.43. The summed E-state index contributed by atoms with van der Waals surface area (Å²) in [4.78, 5) is 26.7. The third-order valence-electron chi connectivity index (χ3n) is 5.84. The molecule has 0 aliphatic carbocycles. The molecule has 0 unspecified atom stereocenters. The Hall–Kier alpha value is -3.60. The van der Waals surface area contributed by atoms with Gasteiger partial charge in [-0.25, -0.2) is 0 Å². The predicted molar refractivity (Wildman–Crippen MR) is 121 cm³/mol. The lowest BCUT2D eigenvalue weighted by molar-refractivity contribution is -0.117. The number of anilines is 2. The summed E-state index contributed by atoms with van der Waals surface area (Å²) in [7, 11) is 0. The highest BCUT2D eigenvalue weighted by atomic mass is 16.2. The molecule has 30 heavy (non-hydrogen) atoms. The zero-order valence-corrected chi connectivity index (χ0v) is 16.9. The minimum absolute atomic E-state index is 0.116. The molecule has 1 saturated heterocycles. The van der Waals surface area contributed by atoms with Gasteiger partial charge < -0.3 is 14.8 Å². The van der Waals surface area contributed by atoms with Crippen molar-refractivity contribution >= 4 is 45.0 Å². The van der Waals surface area contributed by atoms with Crippen LogP contribution in [-0.2, 0) is 11.3 Å². The molecule has 0 bridgehead atoms. The monoisotopic (exact) mass is 397 g/mol. The van der Waals surface area contributed by atoms with Crippen molar-refractivity contribution in [3.8, 4) is 0 Å². The fraction of sp³-hybridized carbons (Fsp3) is 0.200. The third kappa shape index (κ3) is 3.03. The van der Waals surface area contributed by atoms with Crippen molar-refractivity contribution in [3.63, 3.8) is 0 Å². The number of hydrogen-bond acceptors (Lipinski definition) is 2. The Bertz CT molecular complexity index is 1290. The van der Waals surface area contributed by atoms with Crippen molar-refractivity contribution in [1.29, 1.82) is 0 Å². The molecule has 1 aromatic heterocycles. The minimum atomic E-state index is -0.179. The van der Waals surface area contributed by atoms with Crippen LogP contribution in [0.2, 0.25) is 0 Å². The summed E-state index contributed by atoms with van der Waals surface area (Å²) in [6.45, 7) is 3.74. The van der Waals surface area contributed by atoms with Gasteiger partial charge in [-0.2, -0.15) is 0 Å². The lowest BCUT2D eigenvalue weighted by Gasteiger charge is -2.16. The molecule has 2 amide bonds. The quantitative estimate of drug-likeness (QED) is 0.515. The molecule has 4 aromatic rings. The van der Waals surface area contributed by atoms with E-state index in [2.05, 4.69) is 35.0 Å². The summed E-state index contributed by atoms with van der Waals surface area (Å²) in [6, 6.07) is 21.7. The number of fused-ring (bicyclic) bond motifs is 3. The molecule has 5 nitrogen and oxygen atoms in total. The predicted octanol–water partition coefficient (Wildman–Crippen LogP) is 5.19. The molecular formula is C25H23N3O2. The van der Waals surface area contributed by atoms with Crippen molar-refractivity contribution in [2.24, 2.45) is 0 Å². The third-order valence-corrected chi connectivity index (χ3v) is 5.84. The van der Waals surface area contributed by atoms with Gasteiger partial charge >= 0.3 is 0 Å². The molecule has 1 N–H and O–H groups in total. The normalized spacial score (nSPS) is 14.0. The summed E-state index contributed by atoms with van der Waals surface area (Å²) >= 11 is 0. The number of aromatic nitrogens is 1. The molecule has 150 valence electrons. The van der Waals surface area contributed by atoms with E-state index >= 15 is 0 Å². The molecule has 5 rings (SSSR count). The van der Waals surface area contributed by atoms with Gasteiger partial charge in [0.1, 0.15) is 0 Å². The average Bonchev–Trinajstić information content (AvgIpc) is 3.34. The Morgan fingerprint density at radius 2 is 1.80 bits per heavy atom. The molecule has 1 aliphatic heterocycles. The number of carbonyl (C=O) groups is 2. The van der Waals surface area contributed by atoms with Crippen LogP contribution >= 0.6 is 0 Å². The van der Waals surface area contributed by atoms with E-state index in [1.807, 2.05) is 36.4 Å². The van der Waals surface area contributed by atoms with E-state index in [0.717, 1.165) is 35.2 Å². The van der Waals surface area contributed by atoms with Gasteiger partial charge in [0, 0.05) is 58.3 Å². The van der Waals surface area contributed by atoms with Gasteiger partial charge in [-0.15, -0.1) is 0 Å². The maximum atomic E-state index is 12.9. The lowest BCUT2D eigenvalue weighted by Crippen LogP contribution is -2.24. The number of aryl methyl sites for hydroxylation is 1. The molecule has 2 heterocycles. The van der Waals surface area contributed by atoms with E-state index in [4.69, 9.17) is 0 Å². The van der Waals surface area contributed by atoms with Crippen LogP contribution in [-0.4, -0.2) is 22.9 Å². The summed E-state index contributed by atoms with van der Waals surface area (Å²) in [5.41, 5.74) is 4.44. The van der Waals surface area contributed by atoms with Crippen molar-refractivity contribution in [2.75, 3.05) is 16.8 Å². The first-order chi connectivity index (χ1) is 14.7. The first-order valence-corrected chi connectivity index (χ1v) is 10.4. The maximum Gasteiger partial charge on any atom is 0.255 e. The highest BCUT2D eigenvalue weighted by Gasteiger charge is 2.22. The Morgan fingerprint density at radius 3 is 2.60 bits per heavy atom. The number of carbonyl (C=O) groups excluding carboxylic acids is 2. The number of benzene rings is 3. The Balaban J connectivity index is 1.46. The van der Waals surface area contributed by atoms with Crippen LogP contribution in [0.5, 0.6) is 0 Å². The Morgan fingerprint density at radius 1 is 0.967 bits per heavy atom. The molecule has 0 saturated carbocycles. The first kappa shape index (κ1) is 18.4. The summed E-state index contributed by atoms with van der Waals surface area (Å²) in [5.74, 6) is -0.0626. The molecule has 0 radical (unpaired) electrons. The maximum absolute atomic E-state index is 12.9. The molecule has 5 heteroatoms. The van der Waals surface area contributed by atoms with Crippen LogP contribution < -0.4 is 10.2 Å². The second kappa shape index (κ2) is 7.34. The number of nitrogens with zero attached hydrogens (tertiary/aromatic N) is 2. The molecule has 0 atom stereocenters. The van der Waals surface area contributed by atoms with Gasteiger partial charge in [-0.3, -0.25) is 9.59 Å². The highest BCUT2D eigenvalue weighted by Crippen LogP contribution is 2.31. The van der Waals surface area contributed by atoms with E-state index < -0.39 is 0 Å². The van der Waals surface area contributed by atoms with Crippen molar-refractivity contribution in [1.82, 2.24) is 4.57 Å². The number of amides is 2.